The zero-order chi connectivity index (χ0) is 26.5. The summed E-state index contributed by atoms with van der Waals surface area (Å²) in [7, 11) is 0. The number of hydrogen-bond donors (Lipinski definition) is 1. The summed E-state index contributed by atoms with van der Waals surface area (Å²) >= 11 is 0. The molecule has 0 radical (unpaired) electrons. The lowest BCUT2D eigenvalue weighted by Gasteiger charge is -2.40. The van der Waals surface area contributed by atoms with Crippen molar-refractivity contribution in [1.29, 1.82) is 0 Å². The highest BCUT2D eigenvalue weighted by molar-refractivity contribution is 5.96. The number of halogens is 1. The standard InChI is InChI=1S/C30H28FN3O4/c31-38-17-16-33-19-25(26(22-12-6-2-7-13-22)23-14-8-3-9-15-23)34-18-24(32)28(35)29(27(34)30(33)36)37-20-21-10-4-1-5-11-21/h1-15,18,25-26H,16-17,19-20,32H2/t25-/m1/s1. The van der Waals surface area contributed by atoms with E-state index in [4.69, 9.17) is 10.5 Å². The molecular formula is C30H28FN3O4. The monoisotopic (exact) mass is 513 g/mol. The topological polar surface area (TPSA) is 86.8 Å². The second kappa shape index (κ2) is 11.3. The number of nitrogens with zero attached hydrogens (tertiary/aromatic N) is 2. The number of nitrogens with two attached hydrogens (primary N) is 1. The van der Waals surface area contributed by atoms with Gasteiger partial charge >= 0.3 is 0 Å². The van der Waals surface area contributed by atoms with E-state index >= 15 is 0 Å². The second-order valence-corrected chi connectivity index (χ2v) is 9.20. The minimum atomic E-state index is -0.557. The minimum Gasteiger partial charge on any atom is -0.482 e. The van der Waals surface area contributed by atoms with Crippen LogP contribution in [0.25, 0.3) is 0 Å². The Bertz CT molecular complexity index is 1410. The highest BCUT2D eigenvalue weighted by atomic mass is 19.3. The number of benzene rings is 3. The first-order valence-electron chi connectivity index (χ1n) is 12.4. The molecule has 2 heterocycles. The van der Waals surface area contributed by atoms with Crippen LogP contribution in [0.2, 0.25) is 0 Å². The van der Waals surface area contributed by atoms with E-state index in [9.17, 15) is 14.1 Å². The van der Waals surface area contributed by atoms with Crippen molar-refractivity contribution in [3.05, 3.63) is 130 Å². The van der Waals surface area contributed by atoms with Crippen LogP contribution in [0.4, 0.5) is 10.2 Å². The van der Waals surface area contributed by atoms with E-state index in [0.717, 1.165) is 16.7 Å². The summed E-state index contributed by atoms with van der Waals surface area (Å²) in [4.78, 5) is 32.3. The Morgan fingerprint density at radius 3 is 2.05 bits per heavy atom. The summed E-state index contributed by atoms with van der Waals surface area (Å²) in [5, 5.41) is 0. The average molecular weight is 514 g/mol. The van der Waals surface area contributed by atoms with E-state index in [1.807, 2.05) is 91.0 Å². The molecule has 38 heavy (non-hydrogen) atoms. The maximum absolute atomic E-state index is 13.7. The van der Waals surface area contributed by atoms with Gasteiger partial charge in [0.15, 0.2) is 11.4 Å². The Morgan fingerprint density at radius 1 is 0.895 bits per heavy atom. The number of hydrogen-bond acceptors (Lipinski definition) is 5. The first-order valence-corrected chi connectivity index (χ1v) is 12.4. The summed E-state index contributed by atoms with van der Waals surface area (Å²) in [5.41, 5.74) is 8.60. The number of ether oxygens (including phenoxy) is 1. The van der Waals surface area contributed by atoms with Crippen molar-refractivity contribution in [1.82, 2.24) is 9.47 Å². The molecule has 3 aromatic carbocycles. The van der Waals surface area contributed by atoms with Gasteiger partial charge in [0.1, 0.15) is 18.9 Å². The molecule has 0 saturated heterocycles. The highest BCUT2D eigenvalue weighted by Gasteiger charge is 2.39. The molecular weight excluding hydrogens is 485 g/mol. The molecule has 1 atom stereocenters. The van der Waals surface area contributed by atoms with Crippen molar-refractivity contribution < 1.29 is 19.0 Å². The molecule has 194 valence electrons. The fraction of sp³-hybridized carbons (Fsp3) is 0.200. The predicted octanol–water partition coefficient (Wildman–Crippen LogP) is 4.74. The molecule has 1 aliphatic rings. The number of rotatable bonds is 9. The maximum Gasteiger partial charge on any atom is 0.274 e. The molecule has 4 aromatic rings. The summed E-state index contributed by atoms with van der Waals surface area (Å²) in [6.07, 6.45) is 1.53. The summed E-state index contributed by atoms with van der Waals surface area (Å²) in [5.74, 6) is -0.769. The van der Waals surface area contributed by atoms with Gasteiger partial charge in [-0.25, -0.2) is 0 Å². The van der Waals surface area contributed by atoms with Gasteiger partial charge in [-0.3, -0.25) is 9.59 Å². The zero-order valence-corrected chi connectivity index (χ0v) is 20.7. The number of aromatic nitrogens is 1. The van der Waals surface area contributed by atoms with Gasteiger partial charge in [0.05, 0.1) is 6.04 Å². The molecule has 7 nitrogen and oxygen atoms in total. The zero-order valence-electron chi connectivity index (χ0n) is 20.7. The van der Waals surface area contributed by atoms with Crippen molar-refractivity contribution in [2.24, 2.45) is 0 Å². The van der Waals surface area contributed by atoms with Gasteiger partial charge in [0.25, 0.3) is 5.91 Å². The molecule has 1 amide bonds. The molecule has 0 bridgehead atoms. The van der Waals surface area contributed by atoms with Crippen LogP contribution in [-0.2, 0) is 11.5 Å². The molecule has 0 unspecified atom stereocenters. The van der Waals surface area contributed by atoms with Gasteiger partial charge in [0.2, 0.25) is 5.43 Å². The van der Waals surface area contributed by atoms with Gasteiger partial charge in [-0.1, -0.05) is 91.0 Å². The fourth-order valence-corrected chi connectivity index (χ4v) is 5.07. The molecule has 1 aliphatic heterocycles. The van der Waals surface area contributed by atoms with E-state index in [0.29, 0.717) is 0 Å². The second-order valence-electron chi connectivity index (χ2n) is 9.20. The largest absolute Gasteiger partial charge is 0.482 e. The predicted molar refractivity (Wildman–Crippen MR) is 143 cm³/mol. The van der Waals surface area contributed by atoms with Gasteiger partial charge in [-0.15, -0.1) is 0 Å². The quantitative estimate of drug-likeness (QED) is 0.349. The summed E-state index contributed by atoms with van der Waals surface area (Å²) < 4.78 is 20.5. The SMILES string of the molecule is Nc1cn2c(c(OCc3ccccc3)c1=O)C(=O)N(CCOF)C[C@@H]2C(c1ccccc1)c1ccccc1. The summed E-state index contributed by atoms with van der Waals surface area (Å²) in [6.45, 7) is 0.0565. The van der Waals surface area contributed by atoms with Crippen LogP contribution in [0.15, 0.2) is 102 Å². The molecule has 0 saturated carbocycles. The lowest BCUT2D eigenvalue weighted by atomic mass is 9.83. The molecule has 8 heteroatoms. The van der Waals surface area contributed by atoms with E-state index in [1.54, 1.807) is 4.57 Å². The Morgan fingerprint density at radius 2 is 1.47 bits per heavy atom. The Kier molecular flexibility index (Phi) is 7.51. The van der Waals surface area contributed by atoms with E-state index in [2.05, 4.69) is 4.94 Å². The normalized spacial score (nSPS) is 14.9. The van der Waals surface area contributed by atoms with E-state index in [1.165, 1.54) is 11.1 Å². The Labute approximate surface area is 219 Å². The number of amides is 1. The van der Waals surface area contributed by atoms with E-state index < -0.39 is 11.3 Å². The first-order chi connectivity index (χ1) is 18.6. The van der Waals surface area contributed by atoms with E-state index in [-0.39, 0.29) is 55.4 Å². The molecule has 0 aliphatic carbocycles. The van der Waals surface area contributed by atoms with Gasteiger partial charge in [0, 0.05) is 25.2 Å². The van der Waals surface area contributed by atoms with Crippen LogP contribution >= 0.6 is 0 Å². The maximum atomic E-state index is 13.7. The third kappa shape index (κ3) is 5.03. The average Bonchev–Trinajstić information content (AvgIpc) is 2.96. The minimum absolute atomic E-state index is 0.0127. The van der Waals surface area contributed by atoms with Crippen molar-refractivity contribution in [2.75, 3.05) is 25.4 Å². The van der Waals surface area contributed by atoms with Crippen LogP contribution in [0, 0.1) is 0 Å². The summed E-state index contributed by atoms with van der Waals surface area (Å²) in [6, 6.07) is 28.8. The van der Waals surface area contributed by atoms with Gasteiger partial charge < -0.3 is 19.9 Å². The molecule has 2 N–H and O–H groups in total. The Hall–Kier alpha value is -4.43. The van der Waals surface area contributed by atoms with Crippen molar-refractivity contribution in [3.63, 3.8) is 0 Å². The van der Waals surface area contributed by atoms with Crippen LogP contribution < -0.4 is 15.9 Å². The first kappa shape index (κ1) is 25.2. The third-order valence-electron chi connectivity index (χ3n) is 6.84. The number of nitrogen functional groups attached to an aromatic ring is 1. The Balaban J connectivity index is 1.68. The van der Waals surface area contributed by atoms with Crippen LogP contribution in [0.5, 0.6) is 5.75 Å². The van der Waals surface area contributed by atoms with Crippen molar-refractivity contribution in [3.8, 4) is 5.75 Å². The molecule has 0 fully saturated rings. The number of carbonyl (C=O) groups excluding carboxylic acids is 1. The third-order valence-corrected chi connectivity index (χ3v) is 6.84. The lowest BCUT2D eigenvalue weighted by Crippen LogP contribution is -2.47. The number of fused-ring (bicyclic) bond motifs is 1. The number of anilines is 1. The number of carbonyl (C=O) groups is 1. The molecule has 1 aromatic heterocycles. The van der Waals surface area contributed by atoms with Crippen molar-refractivity contribution in [2.45, 2.75) is 18.6 Å². The molecule has 0 spiro atoms. The lowest BCUT2D eigenvalue weighted by molar-refractivity contribution is -0.135. The molecule has 5 rings (SSSR count). The van der Waals surface area contributed by atoms with Gasteiger partial charge in [-0.05, 0) is 21.2 Å². The fourth-order valence-electron chi connectivity index (χ4n) is 5.07. The highest BCUT2D eigenvalue weighted by Crippen LogP contribution is 2.40. The van der Waals surface area contributed by atoms with Crippen molar-refractivity contribution >= 4 is 11.6 Å². The van der Waals surface area contributed by atoms with Crippen LogP contribution in [0.1, 0.15) is 39.1 Å². The van der Waals surface area contributed by atoms with Crippen LogP contribution in [0.3, 0.4) is 0 Å². The van der Waals surface area contributed by atoms with Gasteiger partial charge in [-0.2, -0.15) is 4.94 Å². The van der Waals surface area contributed by atoms with Crippen LogP contribution in [-0.4, -0.2) is 35.1 Å². The smallest absolute Gasteiger partial charge is 0.274 e. The number of pyridine rings is 1.